The number of carbonyl (C=O) groups is 1. The molecule has 3 heterocycles. The third-order valence-electron chi connectivity index (χ3n) is 6.82. The molecule has 2 aromatic heterocycles. The first-order valence-electron chi connectivity index (χ1n) is 9.86. The third-order valence-corrected chi connectivity index (χ3v) is 6.82. The largest absolute Gasteiger partial charge is 0.465 e. The van der Waals surface area contributed by atoms with Gasteiger partial charge in [0.2, 0.25) is 0 Å². The van der Waals surface area contributed by atoms with Crippen molar-refractivity contribution in [1.29, 1.82) is 5.26 Å². The number of esters is 1. The van der Waals surface area contributed by atoms with Crippen molar-refractivity contribution in [3.63, 3.8) is 0 Å². The van der Waals surface area contributed by atoms with Gasteiger partial charge in [0.1, 0.15) is 5.65 Å². The number of nitrogens with one attached hydrogen (secondary N) is 1. The summed E-state index contributed by atoms with van der Waals surface area (Å²) in [6.45, 7) is 2.18. The van der Waals surface area contributed by atoms with E-state index in [1.165, 1.54) is 5.69 Å². The van der Waals surface area contributed by atoms with E-state index in [4.69, 9.17) is 10.00 Å². The maximum atomic E-state index is 12.8. The summed E-state index contributed by atoms with van der Waals surface area (Å²) in [6, 6.07) is 6.38. The molecule has 1 atom stereocenters. The highest BCUT2D eigenvalue weighted by molar-refractivity contribution is 5.90. The number of nitriles is 1. The van der Waals surface area contributed by atoms with E-state index in [1.54, 1.807) is 0 Å². The van der Waals surface area contributed by atoms with Gasteiger partial charge in [-0.05, 0) is 44.2 Å². The van der Waals surface area contributed by atoms with Gasteiger partial charge in [-0.3, -0.25) is 4.79 Å². The van der Waals surface area contributed by atoms with E-state index in [0.717, 1.165) is 56.2 Å². The van der Waals surface area contributed by atoms with Crippen molar-refractivity contribution < 1.29 is 9.53 Å². The van der Waals surface area contributed by atoms with Gasteiger partial charge < -0.3 is 14.6 Å². The molecule has 0 radical (unpaired) electrons. The lowest BCUT2D eigenvalue weighted by molar-refractivity contribution is -0.153. The molecule has 6 heteroatoms. The molecule has 0 aromatic carbocycles. The minimum absolute atomic E-state index is 0.00446. The maximum Gasteiger partial charge on any atom is 0.309 e. The second-order valence-electron chi connectivity index (χ2n) is 8.64. The first-order chi connectivity index (χ1) is 13.1. The molecule has 1 spiro atoms. The quantitative estimate of drug-likeness (QED) is 0.822. The molecule has 1 N–H and O–H groups in total. The van der Waals surface area contributed by atoms with Crippen LogP contribution < -0.4 is 4.90 Å². The normalized spacial score (nSPS) is 24.6. The summed E-state index contributed by atoms with van der Waals surface area (Å²) in [5.41, 5.74) is 2.13. The lowest BCUT2D eigenvalue weighted by atomic mass is 9.82. The average Bonchev–Trinajstić information content (AvgIpc) is 3.57. The third kappa shape index (κ3) is 2.86. The molecule has 1 aliphatic heterocycles. The number of anilines is 1. The van der Waals surface area contributed by atoms with E-state index < -0.39 is 0 Å². The number of hydrogen-bond acceptors (Lipinski definition) is 5. The number of fused-ring (bicyclic) bond motifs is 1. The fraction of sp³-hybridized carbons (Fsp3) is 0.571. The SMILES string of the molecule is N#CCC1(COC(=O)[C@@H]2CCN(c3ccnc4[nH]ccc34)CC23CC3)CC1. The summed E-state index contributed by atoms with van der Waals surface area (Å²) in [5, 5.41) is 10.1. The number of pyridine rings is 1. The van der Waals surface area contributed by atoms with E-state index >= 15 is 0 Å². The van der Waals surface area contributed by atoms with Gasteiger partial charge in [-0.2, -0.15) is 5.26 Å². The van der Waals surface area contributed by atoms with E-state index in [2.05, 4.69) is 33.1 Å². The van der Waals surface area contributed by atoms with Gasteiger partial charge >= 0.3 is 5.97 Å². The van der Waals surface area contributed by atoms with Gasteiger partial charge in [0.05, 0.1) is 18.6 Å². The number of ether oxygens (including phenoxy) is 1. The van der Waals surface area contributed by atoms with E-state index in [9.17, 15) is 4.79 Å². The Bertz CT molecular complexity index is 920. The number of piperidine rings is 1. The lowest BCUT2D eigenvalue weighted by Crippen LogP contribution is -2.45. The summed E-state index contributed by atoms with van der Waals surface area (Å²) >= 11 is 0. The Balaban J connectivity index is 1.28. The highest BCUT2D eigenvalue weighted by Crippen LogP contribution is 2.57. The molecule has 5 rings (SSSR count). The van der Waals surface area contributed by atoms with Crippen LogP contribution in [0.5, 0.6) is 0 Å². The Hall–Kier alpha value is -2.55. The van der Waals surface area contributed by atoms with Crippen molar-refractivity contribution in [1.82, 2.24) is 9.97 Å². The zero-order valence-corrected chi connectivity index (χ0v) is 15.4. The molecule has 0 amide bonds. The average molecular weight is 364 g/mol. The Morgan fingerprint density at radius 2 is 2.22 bits per heavy atom. The van der Waals surface area contributed by atoms with Crippen LogP contribution in [0.2, 0.25) is 0 Å². The van der Waals surface area contributed by atoms with Gasteiger partial charge in [-0.15, -0.1) is 0 Å². The number of H-pyrrole nitrogens is 1. The molecule has 3 fully saturated rings. The number of aromatic amines is 1. The molecule has 2 aromatic rings. The Morgan fingerprint density at radius 3 is 2.96 bits per heavy atom. The van der Waals surface area contributed by atoms with Crippen molar-refractivity contribution >= 4 is 22.7 Å². The van der Waals surface area contributed by atoms with Crippen LogP contribution >= 0.6 is 0 Å². The summed E-state index contributed by atoms with van der Waals surface area (Å²) in [7, 11) is 0. The number of rotatable bonds is 5. The van der Waals surface area contributed by atoms with Crippen molar-refractivity contribution in [2.45, 2.75) is 38.5 Å². The Morgan fingerprint density at radius 1 is 1.37 bits per heavy atom. The smallest absolute Gasteiger partial charge is 0.309 e. The molecule has 6 nitrogen and oxygen atoms in total. The first kappa shape index (κ1) is 16.6. The molecule has 0 bridgehead atoms. The zero-order chi connectivity index (χ0) is 18.5. The molecule has 27 heavy (non-hydrogen) atoms. The molecular weight excluding hydrogens is 340 g/mol. The number of nitrogens with zero attached hydrogens (tertiary/aromatic N) is 3. The van der Waals surface area contributed by atoms with E-state index in [-0.39, 0.29) is 22.7 Å². The topological polar surface area (TPSA) is 82.0 Å². The first-order valence-corrected chi connectivity index (χ1v) is 9.86. The monoisotopic (exact) mass is 364 g/mol. The van der Waals surface area contributed by atoms with E-state index in [1.807, 2.05) is 12.4 Å². The fourth-order valence-electron chi connectivity index (χ4n) is 4.66. The fourth-order valence-corrected chi connectivity index (χ4v) is 4.66. The molecule has 3 aliphatic rings. The predicted molar refractivity (Wildman–Crippen MR) is 101 cm³/mol. The van der Waals surface area contributed by atoms with Gasteiger partial charge in [-0.25, -0.2) is 4.98 Å². The second kappa shape index (κ2) is 5.98. The molecule has 140 valence electrons. The van der Waals surface area contributed by atoms with Crippen LogP contribution in [0.1, 0.15) is 38.5 Å². The van der Waals surface area contributed by atoms with Gasteiger partial charge in [0, 0.05) is 53.8 Å². The lowest BCUT2D eigenvalue weighted by Gasteiger charge is -2.39. The summed E-state index contributed by atoms with van der Waals surface area (Å²) < 4.78 is 5.71. The second-order valence-corrected chi connectivity index (χ2v) is 8.64. The van der Waals surface area contributed by atoms with Crippen LogP contribution in [0.15, 0.2) is 24.5 Å². The van der Waals surface area contributed by atoms with Crippen molar-refractivity contribution in [2.75, 3.05) is 24.6 Å². The standard InChI is InChI=1S/C21H24N4O2/c22-9-8-20(4-5-20)14-27-19(26)16-3-12-25(13-21(16)6-7-21)17-2-11-24-18-15(17)1-10-23-18/h1-2,10-11,16H,3-8,12-14H2,(H,23,24)/t16-/m0/s1. The van der Waals surface area contributed by atoms with Crippen LogP contribution in [0.3, 0.4) is 0 Å². The minimum atomic E-state index is -0.0436. The maximum absolute atomic E-state index is 12.8. The van der Waals surface area contributed by atoms with Crippen LogP contribution in [0.25, 0.3) is 11.0 Å². The number of hydrogen-bond donors (Lipinski definition) is 1. The minimum Gasteiger partial charge on any atom is -0.465 e. The van der Waals surface area contributed by atoms with Gasteiger partial charge in [-0.1, -0.05) is 0 Å². The van der Waals surface area contributed by atoms with Crippen LogP contribution in [-0.4, -0.2) is 35.6 Å². The molecule has 0 unspecified atom stereocenters. The highest BCUT2D eigenvalue weighted by atomic mass is 16.5. The van der Waals surface area contributed by atoms with Crippen molar-refractivity contribution in [3.05, 3.63) is 24.5 Å². The molecular formula is C21H24N4O2. The van der Waals surface area contributed by atoms with E-state index in [0.29, 0.717) is 13.0 Å². The van der Waals surface area contributed by atoms with Crippen LogP contribution in [0, 0.1) is 28.1 Å². The highest BCUT2D eigenvalue weighted by Gasteiger charge is 2.56. The predicted octanol–water partition coefficient (Wildman–Crippen LogP) is 3.41. The van der Waals surface area contributed by atoms with Crippen LogP contribution in [-0.2, 0) is 9.53 Å². The summed E-state index contributed by atoms with van der Waals surface area (Å²) in [5.74, 6) is -0.0481. The number of carbonyl (C=O) groups excluding carboxylic acids is 1. The zero-order valence-electron chi connectivity index (χ0n) is 15.4. The number of aromatic nitrogens is 2. The molecule has 2 saturated carbocycles. The molecule has 2 aliphatic carbocycles. The van der Waals surface area contributed by atoms with Gasteiger partial charge in [0.25, 0.3) is 0 Å². The van der Waals surface area contributed by atoms with Crippen LogP contribution in [0.4, 0.5) is 5.69 Å². The summed E-state index contributed by atoms with van der Waals surface area (Å²) in [6.07, 6.45) is 9.29. The van der Waals surface area contributed by atoms with Crippen molar-refractivity contribution in [3.8, 4) is 6.07 Å². The van der Waals surface area contributed by atoms with Crippen molar-refractivity contribution in [2.24, 2.45) is 16.7 Å². The summed E-state index contributed by atoms with van der Waals surface area (Å²) in [4.78, 5) is 22.8. The molecule has 1 saturated heterocycles. The Kier molecular flexibility index (Phi) is 3.68. The van der Waals surface area contributed by atoms with Gasteiger partial charge in [0.15, 0.2) is 0 Å². The Labute approximate surface area is 158 Å².